The molecule has 0 aromatic carbocycles. The van der Waals surface area contributed by atoms with Gasteiger partial charge in [0.2, 0.25) is 0 Å². The van der Waals surface area contributed by atoms with Crippen molar-refractivity contribution in [1.82, 2.24) is 19.5 Å². The Labute approximate surface area is 105 Å². The second kappa shape index (κ2) is 3.75. The van der Waals surface area contributed by atoms with Gasteiger partial charge in [0.1, 0.15) is 5.82 Å². The van der Waals surface area contributed by atoms with E-state index in [1.54, 1.807) is 10.5 Å². The average Bonchev–Trinajstić information content (AvgIpc) is 2.78. The first-order valence-corrected chi connectivity index (χ1v) is 6.17. The minimum atomic E-state index is -0.261. The fourth-order valence-electron chi connectivity index (χ4n) is 2.93. The van der Waals surface area contributed by atoms with E-state index in [4.69, 9.17) is 0 Å². The summed E-state index contributed by atoms with van der Waals surface area (Å²) >= 11 is 0. The number of pyridine rings is 1. The number of halogens is 1. The summed E-state index contributed by atoms with van der Waals surface area (Å²) in [6.45, 7) is 5.50. The third kappa shape index (κ3) is 1.79. The molecule has 0 spiro atoms. The monoisotopic (exact) mass is 248 g/mol. The van der Waals surface area contributed by atoms with Crippen molar-refractivity contribution in [2.75, 3.05) is 13.6 Å². The number of aromatic nitrogens is 3. The molecule has 1 fully saturated rings. The Morgan fingerprint density at radius 1 is 1.33 bits per heavy atom. The lowest BCUT2D eigenvalue weighted by atomic mass is 9.90. The van der Waals surface area contributed by atoms with Crippen LogP contribution in [0.15, 0.2) is 18.3 Å². The summed E-state index contributed by atoms with van der Waals surface area (Å²) in [6.07, 6.45) is 2.48. The number of nitrogens with zero attached hydrogens (tertiary/aromatic N) is 4. The number of hydrogen-bond acceptors (Lipinski definition) is 3. The molecule has 1 aliphatic rings. The highest BCUT2D eigenvalue weighted by Gasteiger charge is 2.38. The first-order valence-electron chi connectivity index (χ1n) is 6.17. The second-order valence-electron chi connectivity index (χ2n) is 5.93. The molecule has 3 rings (SSSR count). The Hall–Kier alpha value is -1.49. The van der Waals surface area contributed by atoms with E-state index in [1.807, 2.05) is 0 Å². The van der Waals surface area contributed by atoms with Crippen molar-refractivity contribution in [3.63, 3.8) is 0 Å². The van der Waals surface area contributed by atoms with Gasteiger partial charge >= 0.3 is 0 Å². The highest BCUT2D eigenvalue weighted by Crippen LogP contribution is 2.40. The Morgan fingerprint density at radius 2 is 2.11 bits per heavy atom. The summed E-state index contributed by atoms with van der Waals surface area (Å²) in [6, 6.07) is 3.28. The van der Waals surface area contributed by atoms with Crippen LogP contribution in [0.4, 0.5) is 4.39 Å². The molecule has 0 radical (unpaired) electrons. The fraction of sp³-hybridized carbons (Fsp3) is 0.538. The molecule has 0 amide bonds. The van der Waals surface area contributed by atoms with Gasteiger partial charge in [0.05, 0.1) is 6.04 Å². The fourth-order valence-corrected chi connectivity index (χ4v) is 2.93. The molecule has 0 aliphatic carbocycles. The van der Waals surface area contributed by atoms with E-state index in [9.17, 15) is 4.39 Å². The molecule has 3 heterocycles. The van der Waals surface area contributed by atoms with Crippen molar-refractivity contribution in [2.45, 2.75) is 26.3 Å². The second-order valence-corrected chi connectivity index (χ2v) is 5.93. The maximum Gasteiger partial charge on any atom is 0.160 e. The molecule has 1 atom stereocenters. The molecule has 18 heavy (non-hydrogen) atoms. The summed E-state index contributed by atoms with van der Waals surface area (Å²) in [5, 5.41) is 8.35. The zero-order valence-electron chi connectivity index (χ0n) is 10.9. The largest absolute Gasteiger partial charge is 0.296 e. The quantitative estimate of drug-likeness (QED) is 0.776. The van der Waals surface area contributed by atoms with E-state index < -0.39 is 0 Å². The van der Waals surface area contributed by atoms with Gasteiger partial charge in [-0.1, -0.05) is 13.8 Å². The van der Waals surface area contributed by atoms with Crippen LogP contribution < -0.4 is 0 Å². The van der Waals surface area contributed by atoms with Gasteiger partial charge < -0.3 is 0 Å². The van der Waals surface area contributed by atoms with Crippen molar-refractivity contribution in [3.8, 4) is 0 Å². The minimum absolute atomic E-state index is 0.205. The predicted molar refractivity (Wildman–Crippen MR) is 66.7 cm³/mol. The smallest absolute Gasteiger partial charge is 0.160 e. The van der Waals surface area contributed by atoms with Crippen LogP contribution in [0, 0.1) is 11.2 Å². The molecule has 2 aromatic rings. The molecule has 1 saturated heterocycles. The van der Waals surface area contributed by atoms with Crippen LogP contribution >= 0.6 is 0 Å². The molecule has 1 unspecified atom stereocenters. The molecule has 96 valence electrons. The van der Waals surface area contributed by atoms with E-state index >= 15 is 0 Å². The van der Waals surface area contributed by atoms with E-state index in [-0.39, 0.29) is 17.3 Å². The summed E-state index contributed by atoms with van der Waals surface area (Å²) in [5.74, 6) is 0.570. The van der Waals surface area contributed by atoms with Gasteiger partial charge in [-0.2, -0.15) is 0 Å². The summed E-state index contributed by atoms with van der Waals surface area (Å²) in [7, 11) is 2.08. The number of hydrogen-bond donors (Lipinski definition) is 0. The third-order valence-electron chi connectivity index (χ3n) is 3.65. The Balaban J connectivity index is 2.07. The van der Waals surface area contributed by atoms with Gasteiger partial charge in [-0.05, 0) is 31.0 Å². The van der Waals surface area contributed by atoms with Crippen LogP contribution in [0.3, 0.4) is 0 Å². The number of rotatable bonds is 1. The van der Waals surface area contributed by atoms with Crippen LogP contribution in [-0.4, -0.2) is 33.1 Å². The highest BCUT2D eigenvalue weighted by atomic mass is 19.1. The van der Waals surface area contributed by atoms with Gasteiger partial charge in [-0.3, -0.25) is 9.30 Å². The van der Waals surface area contributed by atoms with Crippen LogP contribution in [-0.2, 0) is 0 Å². The summed E-state index contributed by atoms with van der Waals surface area (Å²) in [4.78, 5) is 2.27. The van der Waals surface area contributed by atoms with Crippen molar-refractivity contribution in [2.24, 2.45) is 5.41 Å². The lowest BCUT2D eigenvalue weighted by Crippen LogP contribution is -2.21. The summed E-state index contributed by atoms with van der Waals surface area (Å²) < 4.78 is 15.1. The van der Waals surface area contributed by atoms with Gasteiger partial charge in [-0.25, -0.2) is 4.39 Å². The van der Waals surface area contributed by atoms with E-state index in [1.165, 1.54) is 12.3 Å². The Morgan fingerprint density at radius 3 is 2.78 bits per heavy atom. The Bertz CT molecular complexity index is 590. The van der Waals surface area contributed by atoms with Gasteiger partial charge in [0, 0.05) is 12.7 Å². The van der Waals surface area contributed by atoms with Gasteiger partial charge in [0.15, 0.2) is 11.5 Å². The van der Waals surface area contributed by atoms with Crippen LogP contribution in [0.25, 0.3) is 5.65 Å². The zero-order valence-corrected chi connectivity index (χ0v) is 10.9. The van der Waals surface area contributed by atoms with Gasteiger partial charge in [0.25, 0.3) is 0 Å². The maximum atomic E-state index is 13.3. The molecule has 1 aliphatic heterocycles. The molecule has 4 nitrogen and oxygen atoms in total. The van der Waals surface area contributed by atoms with Crippen molar-refractivity contribution < 1.29 is 4.39 Å². The SMILES string of the molecule is CN1CC(C)(C)CC1c1nnc2ccc(F)cn12. The normalized spacial score (nSPS) is 23.9. The van der Waals surface area contributed by atoms with Crippen LogP contribution in [0.5, 0.6) is 0 Å². The van der Waals surface area contributed by atoms with Crippen molar-refractivity contribution in [1.29, 1.82) is 0 Å². The summed E-state index contributed by atoms with van der Waals surface area (Å²) in [5.41, 5.74) is 0.961. The predicted octanol–water partition coefficient (Wildman–Crippen LogP) is 2.27. The first-order chi connectivity index (χ1) is 8.46. The molecule has 5 heteroatoms. The van der Waals surface area contributed by atoms with E-state index in [2.05, 4.69) is 36.0 Å². The average molecular weight is 248 g/mol. The van der Waals surface area contributed by atoms with Gasteiger partial charge in [-0.15, -0.1) is 10.2 Å². The lowest BCUT2D eigenvalue weighted by molar-refractivity contribution is 0.291. The molecule has 0 bridgehead atoms. The first kappa shape index (κ1) is 11.6. The van der Waals surface area contributed by atoms with Crippen LogP contribution in [0.1, 0.15) is 32.1 Å². The number of likely N-dealkylation sites (tertiary alicyclic amines) is 1. The number of fused-ring (bicyclic) bond motifs is 1. The topological polar surface area (TPSA) is 33.4 Å². The standard InChI is InChI=1S/C13H17FN4/c1-13(2)6-10(17(3)8-13)12-16-15-11-5-4-9(14)7-18(11)12/h4-5,7,10H,6,8H2,1-3H3. The minimum Gasteiger partial charge on any atom is -0.296 e. The maximum absolute atomic E-state index is 13.3. The molecule has 2 aromatic heterocycles. The molecule has 0 saturated carbocycles. The van der Waals surface area contributed by atoms with Crippen molar-refractivity contribution >= 4 is 5.65 Å². The van der Waals surface area contributed by atoms with E-state index in [0.717, 1.165) is 18.8 Å². The Kier molecular flexibility index (Phi) is 2.41. The molecular weight excluding hydrogens is 231 g/mol. The zero-order chi connectivity index (χ0) is 12.9. The third-order valence-corrected chi connectivity index (χ3v) is 3.65. The highest BCUT2D eigenvalue weighted by molar-refractivity contribution is 5.38. The lowest BCUT2D eigenvalue weighted by Gasteiger charge is -2.17. The van der Waals surface area contributed by atoms with Crippen molar-refractivity contribution in [3.05, 3.63) is 30.0 Å². The van der Waals surface area contributed by atoms with E-state index in [0.29, 0.717) is 5.65 Å². The molecular formula is C13H17FN4. The van der Waals surface area contributed by atoms with Crippen LogP contribution in [0.2, 0.25) is 0 Å². The molecule has 0 N–H and O–H groups in total.